The Morgan fingerprint density at radius 1 is 1.15 bits per heavy atom. The number of rotatable bonds is 8. The van der Waals surface area contributed by atoms with Gasteiger partial charge in [0.15, 0.2) is 0 Å². The SMILES string of the molecule is CCCNC(=O)[C@H](C)N(Cc1ccccc1Cl)C(=O)Cc1ccc(F)cc1. The van der Waals surface area contributed by atoms with E-state index in [1.54, 1.807) is 25.1 Å². The standard InChI is InChI=1S/C21H24ClFN2O2/c1-3-12-24-21(27)15(2)25(14-17-6-4-5-7-19(17)22)20(26)13-16-8-10-18(23)11-9-16/h4-11,15H,3,12-14H2,1-2H3,(H,24,27)/t15-/m0/s1. The van der Waals surface area contributed by atoms with E-state index in [4.69, 9.17) is 11.6 Å². The summed E-state index contributed by atoms with van der Waals surface area (Å²) in [6.45, 7) is 4.44. The van der Waals surface area contributed by atoms with Crippen molar-refractivity contribution >= 4 is 23.4 Å². The molecule has 0 saturated heterocycles. The highest BCUT2D eigenvalue weighted by Gasteiger charge is 2.26. The van der Waals surface area contributed by atoms with E-state index in [1.165, 1.54) is 17.0 Å². The first-order valence-corrected chi connectivity index (χ1v) is 9.35. The number of halogens is 2. The first kappa shape index (κ1) is 20.9. The molecule has 0 unspecified atom stereocenters. The zero-order valence-corrected chi connectivity index (χ0v) is 16.3. The van der Waals surface area contributed by atoms with Crippen LogP contribution < -0.4 is 5.32 Å². The van der Waals surface area contributed by atoms with Crippen LogP contribution in [0.3, 0.4) is 0 Å². The van der Waals surface area contributed by atoms with Crippen molar-refractivity contribution in [3.8, 4) is 0 Å². The van der Waals surface area contributed by atoms with Crippen molar-refractivity contribution < 1.29 is 14.0 Å². The molecule has 27 heavy (non-hydrogen) atoms. The van der Waals surface area contributed by atoms with Crippen LogP contribution in [0.4, 0.5) is 4.39 Å². The molecule has 2 aromatic carbocycles. The highest BCUT2D eigenvalue weighted by molar-refractivity contribution is 6.31. The van der Waals surface area contributed by atoms with E-state index in [-0.39, 0.29) is 30.6 Å². The van der Waals surface area contributed by atoms with Gasteiger partial charge in [-0.1, -0.05) is 48.9 Å². The van der Waals surface area contributed by atoms with E-state index in [2.05, 4.69) is 5.32 Å². The van der Waals surface area contributed by atoms with Gasteiger partial charge in [-0.15, -0.1) is 0 Å². The van der Waals surface area contributed by atoms with Crippen LogP contribution in [0.2, 0.25) is 5.02 Å². The summed E-state index contributed by atoms with van der Waals surface area (Å²) < 4.78 is 13.1. The number of benzene rings is 2. The molecule has 2 aromatic rings. The van der Waals surface area contributed by atoms with Gasteiger partial charge in [0, 0.05) is 18.1 Å². The molecule has 0 saturated carbocycles. The van der Waals surface area contributed by atoms with Gasteiger partial charge >= 0.3 is 0 Å². The van der Waals surface area contributed by atoms with E-state index >= 15 is 0 Å². The second-order valence-electron chi connectivity index (χ2n) is 6.38. The number of nitrogens with one attached hydrogen (secondary N) is 1. The van der Waals surface area contributed by atoms with Crippen LogP contribution in [-0.4, -0.2) is 29.3 Å². The molecule has 144 valence electrons. The Balaban J connectivity index is 2.21. The molecule has 0 spiro atoms. The minimum atomic E-state index is -0.652. The van der Waals surface area contributed by atoms with Crippen LogP contribution >= 0.6 is 11.6 Å². The van der Waals surface area contributed by atoms with Crippen molar-refractivity contribution in [1.82, 2.24) is 10.2 Å². The zero-order chi connectivity index (χ0) is 19.8. The molecule has 0 aliphatic rings. The Kier molecular flexibility index (Phi) is 7.80. The largest absolute Gasteiger partial charge is 0.354 e. The average Bonchev–Trinajstić information content (AvgIpc) is 2.66. The van der Waals surface area contributed by atoms with Gasteiger partial charge in [-0.3, -0.25) is 9.59 Å². The maximum atomic E-state index is 13.1. The summed E-state index contributed by atoms with van der Waals surface area (Å²) in [6.07, 6.45) is 0.891. The first-order chi connectivity index (χ1) is 12.9. The van der Waals surface area contributed by atoms with E-state index in [9.17, 15) is 14.0 Å². The smallest absolute Gasteiger partial charge is 0.242 e. The highest BCUT2D eigenvalue weighted by atomic mass is 35.5. The van der Waals surface area contributed by atoms with Crippen LogP contribution in [0.25, 0.3) is 0 Å². The molecule has 0 heterocycles. The third-order valence-electron chi connectivity index (χ3n) is 4.28. The number of carbonyl (C=O) groups is 2. The molecule has 4 nitrogen and oxygen atoms in total. The first-order valence-electron chi connectivity index (χ1n) is 8.97. The summed E-state index contributed by atoms with van der Waals surface area (Å²) in [5.41, 5.74) is 1.45. The number of amides is 2. The second-order valence-corrected chi connectivity index (χ2v) is 6.79. The Labute approximate surface area is 164 Å². The molecule has 0 aliphatic carbocycles. The molecule has 2 amide bonds. The van der Waals surface area contributed by atoms with Crippen molar-refractivity contribution in [2.24, 2.45) is 0 Å². The summed E-state index contributed by atoms with van der Waals surface area (Å²) in [5, 5.41) is 3.36. The van der Waals surface area contributed by atoms with Gasteiger partial charge < -0.3 is 10.2 Å². The molecule has 6 heteroatoms. The molecule has 2 rings (SSSR count). The number of hydrogen-bond acceptors (Lipinski definition) is 2. The predicted molar refractivity (Wildman–Crippen MR) is 105 cm³/mol. The van der Waals surface area contributed by atoms with E-state index in [0.717, 1.165) is 12.0 Å². The third-order valence-corrected chi connectivity index (χ3v) is 4.65. The van der Waals surface area contributed by atoms with Crippen molar-refractivity contribution in [3.63, 3.8) is 0 Å². The number of hydrogen-bond donors (Lipinski definition) is 1. The summed E-state index contributed by atoms with van der Waals surface area (Å²) in [4.78, 5) is 26.9. The molecule has 0 fully saturated rings. The molecule has 1 atom stereocenters. The fourth-order valence-corrected chi connectivity index (χ4v) is 2.86. The van der Waals surface area contributed by atoms with E-state index in [1.807, 2.05) is 25.1 Å². The van der Waals surface area contributed by atoms with Gasteiger partial charge in [-0.05, 0) is 42.7 Å². The number of carbonyl (C=O) groups excluding carboxylic acids is 2. The minimum Gasteiger partial charge on any atom is -0.354 e. The van der Waals surface area contributed by atoms with Crippen LogP contribution in [-0.2, 0) is 22.6 Å². The van der Waals surface area contributed by atoms with Crippen LogP contribution in [0, 0.1) is 5.82 Å². The second kappa shape index (κ2) is 10.1. The van der Waals surface area contributed by atoms with Crippen LogP contribution in [0.1, 0.15) is 31.4 Å². The van der Waals surface area contributed by atoms with E-state index in [0.29, 0.717) is 17.1 Å². The lowest BCUT2D eigenvalue weighted by atomic mass is 10.1. The quantitative estimate of drug-likeness (QED) is 0.741. The third kappa shape index (κ3) is 6.07. The van der Waals surface area contributed by atoms with Gasteiger partial charge in [0.2, 0.25) is 11.8 Å². The summed E-state index contributed by atoms with van der Waals surface area (Å²) in [5.74, 6) is -0.788. The Morgan fingerprint density at radius 3 is 2.44 bits per heavy atom. The van der Waals surface area contributed by atoms with Crippen molar-refractivity contribution in [2.45, 2.75) is 39.3 Å². The minimum absolute atomic E-state index is 0.0795. The van der Waals surface area contributed by atoms with Crippen molar-refractivity contribution in [1.29, 1.82) is 0 Å². The predicted octanol–water partition coefficient (Wildman–Crippen LogP) is 3.97. The van der Waals surface area contributed by atoms with Crippen molar-refractivity contribution in [2.75, 3.05) is 6.54 Å². The van der Waals surface area contributed by atoms with Crippen LogP contribution in [0.5, 0.6) is 0 Å². The molecule has 1 N–H and O–H groups in total. The fraction of sp³-hybridized carbons (Fsp3) is 0.333. The summed E-state index contributed by atoms with van der Waals surface area (Å²) in [6, 6.07) is 12.4. The Hall–Kier alpha value is -2.40. The topological polar surface area (TPSA) is 49.4 Å². The lowest BCUT2D eigenvalue weighted by Gasteiger charge is -2.29. The van der Waals surface area contributed by atoms with Crippen molar-refractivity contribution in [3.05, 3.63) is 70.5 Å². The van der Waals surface area contributed by atoms with Crippen LogP contribution in [0.15, 0.2) is 48.5 Å². The highest BCUT2D eigenvalue weighted by Crippen LogP contribution is 2.19. The average molecular weight is 391 g/mol. The summed E-state index contributed by atoms with van der Waals surface area (Å²) in [7, 11) is 0. The Morgan fingerprint density at radius 2 is 1.81 bits per heavy atom. The molecular weight excluding hydrogens is 367 g/mol. The molecule has 0 aromatic heterocycles. The molecule has 0 radical (unpaired) electrons. The lowest BCUT2D eigenvalue weighted by Crippen LogP contribution is -2.48. The molecular formula is C21H24ClFN2O2. The molecule has 0 bridgehead atoms. The maximum Gasteiger partial charge on any atom is 0.242 e. The van der Waals surface area contributed by atoms with E-state index < -0.39 is 6.04 Å². The zero-order valence-electron chi connectivity index (χ0n) is 15.5. The molecule has 0 aliphatic heterocycles. The normalized spacial score (nSPS) is 11.7. The van der Waals surface area contributed by atoms with Gasteiger partial charge in [0.1, 0.15) is 11.9 Å². The fourth-order valence-electron chi connectivity index (χ4n) is 2.67. The van der Waals surface area contributed by atoms with Gasteiger partial charge in [-0.2, -0.15) is 0 Å². The Bertz CT molecular complexity index is 780. The lowest BCUT2D eigenvalue weighted by molar-refractivity contribution is -0.140. The van der Waals surface area contributed by atoms with Gasteiger partial charge in [0.05, 0.1) is 6.42 Å². The maximum absolute atomic E-state index is 13.1. The van der Waals surface area contributed by atoms with Gasteiger partial charge in [-0.25, -0.2) is 4.39 Å². The van der Waals surface area contributed by atoms with Gasteiger partial charge in [0.25, 0.3) is 0 Å². The summed E-state index contributed by atoms with van der Waals surface area (Å²) >= 11 is 6.24. The number of nitrogens with zero attached hydrogens (tertiary/aromatic N) is 1. The monoisotopic (exact) mass is 390 g/mol.